The van der Waals surface area contributed by atoms with Crippen molar-refractivity contribution < 1.29 is 38.5 Å². The minimum absolute atomic E-state index is 0.0626. The normalized spacial score (nSPS) is 16.5. The molecule has 6 rings (SSSR count). The molecule has 352 valence electrons. The van der Waals surface area contributed by atoms with Crippen LogP contribution in [0.5, 0.6) is 0 Å². The fourth-order valence-corrected chi connectivity index (χ4v) is 10.0. The first-order valence-corrected chi connectivity index (χ1v) is 23.8. The second-order valence-corrected chi connectivity index (χ2v) is 18.2. The van der Waals surface area contributed by atoms with E-state index in [9.17, 15) is 39.4 Å². The van der Waals surface area contributed by atoms with Crippen LogP contribution in [0.4, 0.5) is 11.4 Å². The maximum absolute atomic E-state index is 13.8. The lowest BCUT2D eigenvalue weighted by Crippen LogP contribution is -2.48. The van der Waals surface area contributed by atoms with Crippen molar-refractivity contribution in [3.8, 4) is 22.3 Å². The lowest BCUT2D eigenvalue weighted by Gasteiger charge is -2.33. The second kappa shape index (κ2) is 22.7. The zero-order chi connectivity index (χ0) is 48.4. The molecule has 2 aliphatic heterocycles. The van der Waals surface area contributed by atoms with Gasteiger partial charge in [-0.3, -0.25) is 29.8 Å². The van der Waals surface area contributed by atoms with Crippen LogP contribution in [0, 0.1) is 20.2 Å². The predicted octanol–water partition coefficient (Wildman–Crippen LogP) is 11.1. The number of rotatable bonds is 16. The van der Waals surface area contributed by atoms with E-state index in [0.717, 1.165) is 35.7 Å². The number of carbonyl (C=O) groups is 4. The Morgan fingerprint density at radius 1 is 0.627 bits per heavy atom. The van der Waals surface area contributed by atoms with Gasteiger partial charge in [-0.05, 0) is 122 Å². The number of nitrogens with zero attached hydrogens (tertiary/aromatic N) is 4. The zero-order valence-corrected chi connectivity index (χ0v) is 39.7. The van der Waals surface area contributed by atoms with Gasteiger partial charge in [-0.15, -0.1) is 0 Å². The van der Waals surface area contributed by atoms with Gasteiger partial charge in [0, 0.05) is 25.2 Å². The van der Waals surface area contributed by atoms with E-state index in [1.165, 1.54) is 46.2 Å². The van der Waals surface area contributed by atoms with Crippen LogP contribution in [0.3, 0.4) is 0 Å². The van der Waals surface area contributed by atoms with Gasteiger partial charge in [0.1, 0.15) is 12.1 Å². The number of hydrogen-bond acceptors (Lipinski definition) is 11. The minimum atomic E-state index is -0.742. The van der Waals surface area contributed by atoms with Crippen molar-refractivity contribution in [3.05, 3.63) is 127 Å². The highest BCUT2D eigenvalue weighted by atomic mass is 32.2. The molecule has 2 unspecified atom stereocenters. The third-order valence-corrected chi connectivity index (χ3v) is 13.2. The summed E-state index contributed by atoms with van der Waals surface area (Å²) in [7, 11) is 0. The topological polar surface area (TPSA) is 180 Å². The monoisotopic (exact) mass is 930 g/mol. The number of nitro benzene ring substituents is 2. The Balaban J connectivity index is 1.51. The molecule has 0 aliphatic carbocycles. The Morgan fingerprint density at radius 3 is 1.37 bits per heavy atom. The van der Waals surface area contributed by atoms with E-state index >= 15 is 0 Å². The molecule has 0 bridgehead atoms. The molecule has 0 aromatic heterocycles. The molecule has 0 radical (unpaired) electrons. The number of hydrogen-bond donors (Lipinski definition) is 0. The van der Waals surface area contributed by atoms with E-state index in [-0.39, 0.29) is 57.3 Å². The molecule has 14 nitrogen and oxygen atoms in total. The number of esters is 2. The van der Waals surface area contributed by atoms with Gasteiger partial charge in [0.15, 0.2) is 0 Å². The molecule has 4 aromatic carbocycles. The molecular formula is C52H58N4O10S. The summed E-state index contributed by atoms with van der Waals surface area (Å²) in [5.41, 5.74) is 3.34. The number of nitro groups is 2. The SMILES string of the molecule is CCOC(=O)C1CCCCN1C(=O)C=Cc1ccc(Sc2ccc(C=CC(=O)N3CCCCC3C(=O)OCC)c(-c3ccccc3C(C)C)c2[N+](=O)[O-])c([N+](=O)[O-])c1-c1ccccc1C(C)C. The van der Waals surface area contributed by atoms with Crippen LogP contribution in [0.15, 0.2) is 94.7 Å². The summed E-state index contributed by atoms with van der Waals surface area (Å²) in [5.74, 6) is -1.94. The highest BCUT2D eigenvalue weighted by Gasteiger charge is 2.35. The summed E-state index contributed by atoms with van der Waals surface area (Å²) in [6, 6.07) is 19.5. The average molecular weight is 931 g/mol. The number of amides is 2. The summed E-state index contributed by atoms with van der Waals surface area (Å²) in [4.78, 5) is 82.5. The van der Waals surface area contributed by atoms with E-state index < -0.39 is 45.7 Å². The molecule has 2 aliphatic rings. The third kappa shape index (κ3) is 11.3. The fraction of sp³-hybridized carbons (Fsp3) is 0.385. The summed E-state index contributed by atoms with van der Waals surface area (Å²) in [6.45, 7) is 12.4. The van der Waals surface area contributed by atoms with E-state index in [1.807, 2.05) is 52.0 Å². The summed E-state index contributed by atoms with van der Waals surface area (Å²) >= 11 is 0.887. The standard InChI is InChI=1S/C52H58N4O10S/c1-7-65-51(59)41-21-13-15-31-53(41)45(57)29-25-35-23-27-43(49(55(61)62)47(35)39-19-11-9-17-37(39)33(3)4)67-44-28-24-36(26-30-46(58)54-32-16-14-22-42(54)52(60)66-8-2)48(50(44)56(63)64)40-20-12-10-18-38(40)34(5)6/h9-12,17-20,23-30,33-34,41-42H,7-8,13-16,21-22,31-32H2,1-6H3. The number of piperidine rings is 2. The molecule has 67 heavy (non-hydrogen) atoms. The number of benzene rings is 4. The van der Waals surface area contributed by atoms with Crippen molar-refractivity contribution in [1.29, 1.82) is 0 Å². The predicted molar refractivity (Wildman–Crippen MR) is 259 cm³/mol. The summed E-state index contributed by atoms with van der Waals surface area (Å²) < 4.78 is 10.5. The van der Waals surface area contributed by atoms with Crippen molar-refractivity contribution in [2.75, 3.05) is 26.3 Å². The smallest absolute Gasteiger partial charge is 0.328 e. The van der Waals surface area contributed by atoms with Crippen LogP contribution < -0.4 is 0 Å². The molecule has 2 fully saturated rings. The first-order chi connectivity index (χ1) is 32.2. The van der Waals surface area contributed by atoms with E-state index in [0.29, 0.717) is 61.0 Å². The lowest BCUT2D eigenvalue weighted by atomic mass is 9.89. The van der Waals surface area contributed by atoms with Crippen LogP contribution in [0.25, 0.3) is 34.4 Å². The molecule has 0 spiro atoms. The Kier molecular flexibility index (Phi) is 16.9. The summed E-state index contributed by atoms with van der Waals surface area (Å²) in [6.07, 6.45) is 9.58. The molecule has 4 aromatic rings. The maximum atomic E-state index is 13.8. The largest absolute Gasteiger partial charge is 0.464 e. The Bertz CT molecular complexity index is 2410. The van der Waals surface area contributed by atoms with Gasteiger partial charge in [0.2, 0.25) is 11.8 Å². The van der Waals surface area contributed by atoms with Crippen LogP contribution >= 0.6 is 11.8 Å². The highest BCUT2D eigenvalue weighted by molar-refractivity contribution is 7.99. The number of likely N-dealkylation sites (tertiary alicyclic amines) is 2. The van der Waals surface area contributed by atoms with E-state index in [2.05, 4.69) is 0 Å². The Morgan fingerprint density at radius 2 is 1.01 bits per heavy atom. The molecule has 2 amide bonds. The van der Waals surface area contributed by atoms with Gasteiger partial charge in [-0.2, -0.15) is 0 Å². The van der Waals surface area contributed by atoms with Gasteiger partial charge in [-0.25, -0.2) is 9.59 Å². The van der Waals surface area contributed by atoms with Crippen molar-refractivity contribution >= 4 is 59.0 Å². The molecule has 15 heteroatoms. The van der Waals surface area contributed by atoms with Crippen LogP contribution in [0.2, 0.25) is 0 Å². The van der Waals surface area contributed by atoms with Gasteiger partial charge in [-0.1, -0.05) is 100 Å². The molecule has 0 N–H and O–H groups in total. The van der Waals surface area contributed by atoms with Crippen LogP contribution in [-0.2, 0) is 28.7 Å². The fourth-order valence-electron chi connectivity index (χ4n) is 8.99. The van der Waals surface area contributed by atoms with Crippen molar-refractivity contribution in [2.24, 2.45) is 0 Å². The molecule has 2 saturated heterocycles. The molecule has 0 saturated carbocycles. The number of carbonyl (C=O) groups excluding carboxylic acids is 4. The van der Waals surface area contributed by atoms with E-state index in [4.69, 9.17) is 9.47 Å². The summed E-state index contributed by atoms with van der Waals surface area (Å²) in [5, 5.41) is 27.0. The third-order valence-electron chi connectivity index (χ3n) is 12.1. The van der Waals surface area contributed by atoms with Gasteiger partial charge in [0.25, 0.3) is 11.4 Å². The Hall–Kier alpha value is -6.61. The maximum Gasteiger partial charge on any atom is 0.328 e. The average Bonchev–Trinajstić information content (AvgIpc) is 3.32. The molecule has 2 heterocycles. The van der Waals surface area contributed by atoms with Crippen LogP contribution in [-0.4, -0.2) is 81.8 Å². The number of ether oxygens (including phenoxy) is 2. The van der Waals surface area contributed by atoms with Crippen molar-refractivity contribution in [3.63, 3.8) is 0 Å². The van der Waals surface area contributed by atoms with Crippen molar-refractivity contribution in [2.45, 2.75) is 114 Å². The highest BCUT2D eigenvalue weighted by Crippen LogP contribution is 2.50. The zero-order valence-electron chi connectivity index (χ0n) is 38.9. The minimum Gasteiger partial charge on any atom is -0.464 e. The first-order valence-electron chi connectivity index (χ1n) is 23.0. The quantitative estimate of drug-likeness (QED) is 0.0451. The van der Waals surface area contributed by atoms with Crippen LogP contribution in [0.1, 0.15) is 114 Å². The second-order valence-electron chi connectivity index (χ2n) is 17.1. The Labute approximate surface area is 395 Å². The lowest BCUT2D eigenvalue weighted by molar-refractivity contribution is -0.387. The molecule has 2 atom stereocenters. The van der Waals surface area contributed by atoms with Gasteiger partial charge >= 0.3 is 11.9 Å². The van der Waals surface area contributed by atoms with E-state index in [1.54, 1.807) is 50.2 Å². The first kappa shape index (κ1) is 49.8. The molecular weight excluding hydrogens is 873 g/mol. The van der Waals surface area contributed by atoms with Gasteiger partial charge < -0.3 is 19.3 Å². The van der Waals surface area contributed by atoms with Crippen molar-refractivity contribution in [1.82, 2.24) is 9.80 Å². The van der Waals surface area contributed by atoms with Gasteiger partial charge in [0.05, 0.1) is 44.0 Å².